The fourth-order valence-corrected chi connectivity index (χ4v) is 0. The quantitative estimate of drug-likeness (QED) is 0.497. The molecule has 4 nitrogen and oxygen atoms in total. The van der Waals surface area contributed by atoms with E-state index < -0.39 is 6.16 Å². The summed E-state index contributed by atoms with van der Waals surface area (Å²) in [4.78, 5) is 8.56. The predicted octanol–water partition coefficient (Wildman–Crippen LogP) is -0.605. The molecule has 43 valence electrons. The second-order valence-electron chi connectivity index (χ2n) is 0.283. The summed E-state index contributed by atoms with van der Waals surface area (Å²) in [6.07, 6.45) is -1.83. The molecule has 0 saturated heterocycles. The second-order valence-corrected chi connectivity index (χ2v) is 0.283. The molecule has 0 rings (SSSR count). The zero-order valence-corrected chi connectivity index (χ0v) is 4.09. The van der Waals surface area contributed by atoms with Gasteiger partial charge in [0.2, 0.25) is 0 Å². The Hall–Kier alpha value is -0.0297. The molecule has 5 heteroatoms. The maximum Gasteiger partial charge on any atom is 0.503 e. The van der Waals surface area contributed by atoms with E-state index in [9.17, 15) is 0 Å². The van der Waals surface area contributed by atoms with E-state index in [1.807, 2.05) is 0 Å². The Labute approximate surface area is 49.6 Å². The Morgan fingerprint density at radius 1 is 1.33 bits per heavy atom. The molecule has 0 spiro atoms. The van der Waals surface area contributed by atoms with Gasteiger partial charge in [-0.3, -0.25) is 0 Å². The molecule has 0 aromatic rings. The molecule has 0 amide bonds. The Balaban J connectivity index is -0.0000000450. The molecule has 0 heterocycles. The molecule has 6 heavy (non-hydrogen) atoms. The van der Waals surface area contributed by atoms with Crippen molar-refractivity contribution in [3.8, 4) is 0 Å². The normalized spacial score (nSPS) is 4.00. The van der Waals surface area contributed by atoms with Crippen LogP contribution < -0.4 is 0 Å². The SMILES string of the molecule is O.O=C(O)O.[Ag]. The first-order chi connectivity index (χ1) is 1.73. The Morgan fingerprint density at radius 2 is 1.33 bits per heavy atom. The number of hydrogen-bond donors (Lipinski definition) is 2. The van der Waals surface area contributed by atoms with Crippen LogP contribution in [0.15, 0.2) is 0 Å². The first-order valence-electron chi connectivity index (χ1n) is 0.651. The van der Waals surface area contributed by atoms with Gasteiger partial charge in [-0.2, -0.15) is 0 Å². The monoisotopic (exact) mass is 187 g/mol. The van der Waals surface area contributed by atoms with Gasteiger partial charge in [0.05, 0.1) is 0 Å². The first kappa shape index (κ1) is 16.7. The van der Waals surface area contributed by atoms with E-state index in [0.717, 1.165) is 0 Å². The third kappa shape index (κ3) is 39600. The van der Waals surface area contributed by atoms with Crippen molar-refractivity contribution in [3.05, 3.63) is 0 Å². The van der Waals surface area contributed by atoms with Gasteiger partial charge in [-0.15, -0.1) is 0 Å². The maximum atomic E-state index is 8.56. The summed E-state index contributed by atoms with van der Waals surface area (Å²) in [5.41, 5.74) is 0. The largest absolute Gasteiger partial charge is 0.503 e. The van der Waals surface area contributed by atoms with E-state index in [-0.39, 0.29) is 27.9 Å². The molecule has 0 saturated carbocycles. The van der Waals surface area contributed by atoms with Crippen LogP contribution in [0.4, 0.5) is 4.79 Å². The van der Waals surface area contributed by atoms with Gasteiger partial charge in [0.15, 0.2) is 0 Å². The van der Waals surface area contributed by atoms with E-state index >= 15 is 0 Å². The van der Waals surface area contributed by atoms with Crippen LogP contribution in [-0.2, 0) is 22.4 Å². The number of hydrogen-bond acceptors (Lipinski definition) is 1. The molecule has 0 atom stereocenters. The van der Waals surface area contributed by atoms with Crippen LogP contribution in [0.2, 0.25) is 0 Å². The van der Waals surface area contributed by atoms with E-state index in [4.69, 9.17) is 15.0 Å². The van der Waals surface area contributed by atoms with Crippen molar-refractivity contribution in [2.75, 3.05) is 0 Å². The van der Waals surface area contributed by atoms with Gasteiger partial charge in [0.25, 0.3) is 0 Å². The van der Waals surface area contributed by atoms with E-state index in [2.05, 4.69) is 0 Å². The van der Waals surface area contributed by atoms with Crippen LogP contribution in [0.3, 0.4) is 0 Å². The van der Waals surface area contributed by atoms with Gasteiger partial charge in [0.1, 0.15) is 0 Å². The van der Waals surface area contributed by atoms with Crippen LogP contribution in [0.5, 0.6) is 0 Å². The van der Waals surface area contributed by atoms with Gasteiger partial charge in [-0.05, 0) is 0 Å². The summed E-state index contributed by atoms with van der Waals surface area (Å²) in [6.45, 7) is 0. The topological polar surface area (TPSA) is 89.0 Å². The smallest absolute Gasteiger partial charge is 0.450 e. The molecular formula is CH4AgO4. The number of rotatable bonds is 0. The standard InChI is InChI=1S/CH2O3.Ag.H2O/c2-1(3)4;;/h(H2,2,3,4);;1H2. The minimum absolute atomic E-state index is 0. The summed E-state index contributed by atoms with van der Waals surface area (Å²) in [5, 5.41) is 13.9. The molecular weight excluding hydrogens is 184 g/mol. The molecule has 0 aliphatic heterocycles. The molecule has 4 N–H and O–H groups in total. The summed E-state index contributed by atoms with van der Waals surface area (Å²) >= 11 is 0. The number of carboxylic acid groups (broad SMARTS) is 2. The van der Waals surface area contributed by atoms with Crippen molar-refractivity contribution in [1.82, 2.24) is 0 Å². The van der Waals surface area contributed by atoms with Crippen LogP contribution in [-0.4, -0.2) is 21.8 Å². The summed E-state index contributed by atoms with van der Waals surface area (Å²) in [7, 11) is 0. The van der Waals surface area contributed by atoms with Gasteiger partial charge in [0, 0.05) is 22.4 Å². The molecule has 0 bridgehead atoms. The van der Waals surface area contributed by atoms with Gasteiger partial charge < -0.3 is 15.7 Å². The fraction of sp³-hybridized carbons (Fsp3) is 0. The molecule has 0 aromatic heterocycles. The molecule has 0 fully saturated rings. The third-order valence-corrected chi connectivity index (χ3v) is 0. The van der Waals surface area contributed by atoms with Crippen molar-refractivity contribution < 1.29 is 42.9 Å². The van der Waals surface area contributed by atoms with Crippen molar-refractivity contribution in [2.45, 2.75) is 0 Å². The molecule has 0 aliphatic carbocycles. The van der Waals surface area contributed by atoms with Crippen LogP contribution >= 0.6 is 0 Å². The summed E-state index contributed by atoms with van der Waals surface area (Å²) in [5.74, 6) is 0. The average Bonchev–Trinajstić information content (AvgIpc) is 0.811. The first-order valence-corrected chi connectivity index (χ1v) is 0.651. The van der Waals surface area contributed by atoms with Crippen molar-refractivity contribution in [1.29, 1.82) is 0 Å². The Bertz CT molecular complexity index is 30.5. The second kappa shape index (κ2) is 8.88. The Kier molecular flexibility index (Phi) is 24.7. The minimum atomic E-state index is -1.83. The van der Waals surface area contributed by atoms with E-state index in [1.54, 1.807) is 0 Å². The van der Waals surface area contributed by atoms with E-state index in [0.29, 0.717) is 0 Å². The van der Waals surface area contributed by atoms with Gasteiger partial charge >= 0.3 is 6.16 Å². The van der Waals surface area contributed by atoms with Crippen molar-refractivity contribution in [3.63, 3.8) is 0 Å². The average molecular weight is 188 g/mol. The maximum absolute atomic E-state index is 8.56. The predicted molar refractivity (Wildman–Crippen MR) is 14.3 cm³/mol. The van der Waals surface area contributed by atoms with Crippen molar-refractivity contribution >= 4 is 6.16 Å². The van der Waals surface area contributed by atoms with Crippen LogP contribution in [0.25, 0.3) is 0 Å². The van der Waals surface area contributed by atoms with E-state index in [1.165, 1.54) is 0 Å². The molecule has 0 aliphatic rings. The fourth-order valence-electron chi connectivity index (χ4n) is 0. The summed E-state index contributed by atoms with van der Waals surface area (Å²) in [6, 6.07) is 0. The number of carbonyl (C=O) groups is 1. The van der Waals surface area contributed by atoms with Crippen molar-refractivity contribution in [2.24, 2.45) is 0 Å². The van der Waals surface area contributed by atoms with Crippen LogP contribution in [0.1, 0.15) is 0 Å². The molecule has 0 unspecified atom stereocenters. The van der Waals surface area contributed by atoms with Gasteiger partial charge in [-0.25, -0.2) is 4.79 Å². The zero-order chi connectivity index (χ0) is 3.58. The third-order valence-electron chi connectivity index (χ3n) is 0. The zero-order valence-electron chi connectivity index (χ0n) is 2.60. The molecule has 0 aromatic carbocycles. The minimum Gasteiger partial charge on any atom is -0.450 e. The summed E-state index contributed by atoms with van der Waals surface area (Å²) < 4.78 is 0. The van der Waals surface area contributed by atoms with Gasteiger partial charge in [-0.1, -0.05) is 0 Å². The van der Waals surface area contributed by atoms with Crippen LogP contribution in [0, 0.1) is 0 Å². The Morgan fingerprint density at radius 3 is 1.33 bits per heavy atom. The molecule has 1 radical (unpaired) electrons.